The second kappa shape index (κ2) is 7.51. The van der Waals surface area contributed by atoms with E-state index in [9.17, 15) is 8.42 Å². The summed E-state index contributed by atoms with van der Waals surface area (Å²) < 4.78 is 31.9. The van der Waals surface area contributed by atoms with Crippen molar-refractivity contribution in [2.45, 2.75) is 32.6 Å². The monoisotopic (exact) mass is 323 g/mol. The zero-order valence-corrected chi connectivity index (χ0v) is 13.6. The molecule has 1 aromatic carbocycles. The molecule has 1 N–H and O–H groups in total. The maximum absolute atomic E-state index is 11.9. The molecule has 0 aliphatic carbocycles. The van der Waals surface area contributed by atoms with Gasteiger partial charge in [0.05, 0.1) is 5.75 Å². The van der Waals surface area contributed by atoms with Crippen molar-refractivity contribution in [3.8, 4) is 0 Å². The van der Waals surface area contributed by atoms with Crippen LogP contribution < -0.4 is 4.72 Å². The maximum Gasteiger partial charge on any atom is 0.219 e. The highest BCUT2D eigenvalue weighted by Crippen LogP contribution is 2.11. The Hall–Kier alpha value is -1.73. The van der Waals surface area contributed by atoms with Crippen LogP contribution >= 0.6 is 0 Å². The van der Waals surface area contributed by atoms with E-state index >= 15 is 0 Å². The molecule has 6 nitrogen and oxygen atoms in total. The van der Waals surface area contributed by atoms with Crippen molar-refractivity contribution in [1.82, 2.24) is 14.9 Å². The minimum absolute atomic E-state index is 0.0676. The molecule has 0 saturated carbocycles. The van der Waals surface area contributed by atoms with Gasteiger partial charge in [-0.2, -0.15) is 0 Å². The molecule has 0 radical (unpaired) electrons. The molecule has 0 unspecified atom stereocenters. The van der Waals surface area contributed by atoms with Crippen LogP contribution in [-0.4, -0.2) is 30.9 Å². The lowest BCUT2D eigenvalue weighted by atomic mass is 10.2. The molecule has 0 fully saturated rings. The summed E-state index contributed by atoms with van der Waals surface area (Å²) in [4.78, 5) is 0. The minimum Gasteiger partial charge on any atom is -0.425 e. The van der Waals surface area contributed by atoms with E-state index in [1.165, 1.54) is 0 Å². The first-order valence-corrected chi connectivity index (χ1v) is 8.95. The van der Waals surface area contributed by atoms with Crippen LogP contribution in [0.15, 0.2) is 34.7 Å². The number of sulfonamides is 1. The fraction of sp³-hybridized carbons (Fsp3) is 0.467. The standard InChI is InChI=1S/C15H21N3O3S/c1-12(2)15-18-17-14(21-15)8-10-16-22(19,20)11-9-13-6-4-3-5-7-13/h3-7,12,16H,8-11H2,1-2H3. The Kier molecular flexibility index (Phi) is 5.68. The van der Waals surface area contributed by atoms with Gasteiger partial charge in [-0.3, -0.25) is 0 Å². The van der Waals surface area contributed by atoms with Gasteiger partial charge in [0.1, 0.15) is 0 Å². The highest BCUT2D eigenvalue weighted by molar-refractivity contribution is 7.89. The average Bonchev–Trinajstić information content (AvgIpc) is 2.95. The van der Waals surface area contributed by atoms with Gasteiger partial charge in [-0.05, 0) is 12.0 Å². The van der Waals surface area contributed by atoms with Gasteiger partial charge >= 0.3 is 0 Å². The number of aryl methyl sites for hydroxylation is 1. The second-order valence-electron chi connectivity index (χ2n) is 5.39. The molecule has 0 aliphatic rings. The molecule has 1 heterocycles. The first-order valence-electron chi connectivity index (χ1n) is 7.30. The van der Waals surface area contributed by atoms with E-state index in [-0.39, 0.29) is 18.2 Å². The van der Waals surface area contributed by atoms with E-state index < -0.39 is 10.0 Å². The largest absolute Gasteiger partial charge is 0.425 e. The van der Waals surface area contributed by atoms with Gasteiger partial charge in [-0.25, -0.2) is 13.1 Å². The van der Waals surface area contributed by atoms with Crippen LogP contribution in [0, 0.1) is 0 Å². The van der Waals surface area contributed by atoms with E-state index in [2.05, 4.69) is 14.9 Å². The van der Waals surface area contributed by atoms with Gasteiger partial charge < -0.3 is 4.42 Å². The van der Waals surface area contributed by atoms with Crippen molar-refractivity contribution < 1.29 is 12.8 Å². The molecule has 0 aliphatic heterocycles. The van der Waals surface area contributed by atoms with E-state index in [1.54, 1.807) is 0 Å². The van der Waals surface area contributed by atoms with Crippen molar-refractivity contribution in [3.63, 3.8) is 0 Å². The minimum atomic E-state index is -3.30. The summed E-state index contributed by atoms with van der Waals surface area (Å²) in [5, 5.41) is 7.81. The highest BCUT2D eigenvalue weighted by atomic mass is 32.2. The molecule has 0 amide bonds. The summed E-state index contributed by atoms with van der Waals surface area (Å²) in [5.74, 6) is 1.26. The first-order chi connectivity index (χ1) is 10.5. The van der Waals surface area contributed by atoms with Crippen LogP contribution in [0.3, 0.4) is 0 Å². The number of aromatic nitrogens is 2. The topological polar surface area (TPSA) is 85.1 Å². The molecule has 2 aromatic rings. The van der Waals surface area contributed by atoms with Crippen LogP contribution in [0.2, 0.25) is 0 Å². The summed E-state index contributed by atoms with van der Waals surface area (Å²) in [6.07, 6.45) is 0.887. The van der Waals surface area contributed by atoms with Crippen molar-refractivity contribution in [2.75, 3.05) is 12.3 Å². The molecule has 0 spiro atoms. The van der Waals surface area contributed by atoms with Gasteiger partial charge in [-0.15, -0.1) is 10.2 Å². The predicted octanol–water partition coefficient (Wildman–Crippen LogP) is 1.90. The quantitative estimate of drug-likeness (QED) is 0.802. The number of hydrogen-bond acceptors (Lipinski definition) is 5. The molecule has 0 saturated heterocycles. The van der Waals surface area contributed by atoms with Gasteiger partial charge in [0.15, 0.2) is 0 Å². The molecular weight excluding hydrogens is 302 g/mol. The maximum atomic E-state index is 11.9. The average molecular weight is 323 g/mol. The lowest BCUT2D eigenvalue weighted by molar-refractivity contribution is 0.431. The Morgan fingerprint density at radius 2 is 1.86 bits per heavy atom. The third-order valence-corrected chi connectivity index (χ3v) is 4.53. The molecular formula is C15H21N3O3S. The lowest BCUT2D eigenvalue weighted by Gasteiger charge is -2.05. The molecule has 22 heavy (non-hydrogen) atoms. The summed E-state index contributed by atoms with van der Waals surface area (Å²) in [6, 6.07) is 9.55. The SMILES string of the molecule is CC(C)c1nnc(CCNS(=O)(=O)CCc2ccccc2)o1. The summed E-state index contributed by atoms with van der Waals surface area (Å²) >= 11 is 0. The second-order valence-corrected chi connectivity index (χ2v) is 7.31. The Balaban J connectivity index is 1.77. The number of nitrogens with zero attached hydrogens (tertiary/aromatic N) is 2. The van der Waals surface area contributed by atoms with E-state index in [1.807, 2.05) is 44.2 Å². The van der Waals surface area contributed by atoms with Crippen LogP contribution in [0.25, 0.3) is 0 Å². The number of rotatable bonds is 8. The Morgan fingerprint density at radius 1 is 1.14 bits per heavy atom. The number of nitrogens with one attached hydrogen (secondary N) is 1. The van der Waals surface area contributed by atoms with Crippen LogP contribution in [0.5, 0.6) is 0 Å². The van der Waals surface area contributed by atoms with Crippen molar-refractivity contribution in [1.29, 1.82) is 0 Å². The molecule has 120 valence electrons. The molecule has 0 bridgehead atoms. The van der Waals surface area contributed by atoms with Crippen molar-refractivity contribution >= 4 is 10.0 Å². The van der Waals surface area contributed by atoms with Gasteiger partial charge in [-0.1, -0.05) is 44.2 Å². The van der Waals surface area contributed by atoms with Crippen molar-refractivity contribution in [3.05, 3.63) is 47.7 Å². The third-order valence-electron chi connectivity index (χ3n) is 3.14. The lowest BCUT2D eigenvalue weighted by Crippen LogP contribution is -2.29. The van der Waals surface area contributed by atoms with Crippen LogP contribution in [0.4, 0.5) is 0 Å². The Bertz CT molecular complexity index is 681. The van der Waals surface area contributed by atoms with E-state index in [0.29, 0.717) is 24.6 Å². The summed E-state index contributed by atoms with van der Waals surface area (Å²) in [5.41, 5.74) is 1.01. The van der Waals surface area contributed by atoms with Gasteiger partial charge in [0.2, 0.25) is 21.8 Å². The Morgan fingerprint density at radius 3 is 2.50 bits per heavy atom. The van der Waals surface area contributed by atoms with Gasteiger partial charge in [0.25, 0.3) is 0 Å². The molecule has 1 aromatic heterocycles. The molecule has 0 atom stereocenters. The predicted molar refractivity (Wildman–Crippen MR) is 84.0 cm³/mol. The first kappa shape index (κ1) is 16.6. The smallest absolute Gasteiger partial charge is 0.219 e. The highest BCUT2D eigenvalue weighted by Gasteiger charge is 2.12. The van der Waals surface area contributed by atoms with Crippen molar-refractivity contribution in [2.24, 2.45) is 0 Å². The zero-order valence-electron chi connectivity index (χ0n) is 12.8. The zero-order chi connectivity index (χ0) is 16.0. The number of hydrogen-bond donors (Lipinski definition) is 1. The third kappa shape index (κ3) is 5.23. The fourth-order valence-electron chi connectivity index (χ4n) is 1.88. The van der Waals surface area contributed by atoms with E-state index in [4.69, 9.17) is 4.42 Å². The normalized spacial score (nSPS) is 12.0. The van der Waals surface area contributed by atoms with Gasteiger partial charge in [0, 0.05) is 18.9 Å². The van der Waals surface area contributed by atoms with Crippen LogP contribution in [-0.2, 0) is 22.9 Å². The summed E-state index contributed by atoms with van der Waals surface area (Å²) in [6.45, 7) is 4.18. The van der Waals surface area contributed by atoms with Crippen LogP contribution in [0.1, 0.15) is 37.1 Å². The summed E-state index contributed by atoms with van der Waals surface area (Å²) in [7, 11) is -3.30. The van der Waals surface area contributed by atoms with E-state index in [0.717, 1.165) is 5.56 Å². The fourth-order valence-corrected chi connectivity index (χ4v) is 2.95. The molecule has 7 heteroatoms. The molecule has 2 rings (SSSR count). The Labute approximate surface area is 131 Å². The number of benzene rings is 1.